The fraction of sp³-hybridized carbons (Fsp3) is 0.250. The number of carbonyl (C=O) groups is 1. The largest absolute Gasteiger partial charge is 0.490 e. The van der Waals surface area contributed by atoms with Crippen molar-refractivity contribution in [2.24, 2.45) is 0 Å². The molecule has 0 amide bonds. The lowest BCUT2D eigenvalue weighted by molar-refractivity contribution is -0.112. The van der Waals surface area contributed by atoms with E-state index in [1.807, 2.05) is 36.5 Å². The van der Waals surface area contributed by atoms with Gasteiger partial charge in [0.25, 0.3) is 0 Å². The second-order valence-corrected chi connectivity index (χ2v) is 7.10. The van der Waals surface area contributed by atoms with Crippen molar-refractivity contribution in [2.75, 3.05) is 0 Å². The molecule has 0 fully saturated rings. The molecule has 3 aromatic rings. The Morgan fingerprint density at radius 3 is 2.81 bits per heavy atom. The molecular formula is C24H23NO2. The van der Waals surface area contributed by atoms with Gasteiger partial charge in [0.2, 0.25) is 0 Å². The van der Waals surface area contributed by atoms with Crippen LogP contribution in [0.3, 0.4) is 0 Å². The SMILES string of the molecule is CC(CCCc1ccccc1)Oc1cccc2ncc3c(c12)=CC(=O)CC=3. The van der Waals surface area contributed by atoms with Crippen LogP contribution >= 0.6 is 0 Å². The molecule has 0 radical (unpaired) electrons. The Hall–Kier alpha value is -2.94. The quantitative estimate of drug-likeness (QED) is 0.677. The Balaban J connectivity index is 1.55. The van der Waals surface area contributed by atoms with Gasteiger partial charge in [0.15, 0.2) is 5.78 Å². The van der Waals surface area contributed by atoms with Gasteiger partial charge in [-0.1, -0.05) is 42.5 Å². The Bertz CT molecular complexity index is 1090. The Morgan fingerprint density at radius 2 is 1.96 bits per heavy atom. The number of aryl methyl sites for hydroxylation is 1. The zero-order valence-corrected chi connectivity index (χ0v) is 15.5. The van der Waals surface area contributed by atoms with Gasteiger partial charge in [-0.3, -0.25) is 9.78 Å². The van der Waals surface area contributed by atoms with Gasteiger partial charge in [-0.25, -0.2) is 0 Å². The van der Waals surface area contributed by atoms with E-state index in [0.717, 1.165) is 46.4 Å². The number of fused-ring (bicyclic) bond motifs is 3. The first-order valence-electron chi connectivity index (χ1n) is 9.54. The summed E-state index contributed by atoms with van der Waals surface area (Å²) in [5.74, 6) is 0.934. The molecule has 0 saturated heterocycles. The summed E-state index contributed by atoms with van der Waals surface area (Å²) in [7, 11) is 0. The van der Waals surface area contributed by atoms with Crippen LogP contribution in [0.2, 0.25) is 0 Å². The molecule has 27 heavy (non-hydrogen) atoms. The van der Waals surface area contributed by atoms with E-state index < -0.39 is 0 Å². The summed E-state index contributed by atoms with van der Waals surface area (Å²) in [6, 6.07) is 16.4. The van der Waals surface area contributed by atoms with Crippen molar-refractivity contribution in [3.8, 4) is 5.75 Å². The first kappa shape index (κ1) is 17.5. The van der Waals surface area contributed by atoms with Crippen LogP contribution in [0.4, 0.5) is 0 Å². The molecule has 1 aliphatic rings. The molecular weight excluding hydrogens is 334 g/mol. The minimum Gasteiger partial charge on any atom is -0.490 e. The molecule has 1 aromatic heterocycles. The number of rotatable bonds is 6. The third-order valence-electron chi connectivity index (χ3n) is 5.00. The van der Waals surface area contributed by atoms with Gasteiger partial charge >= 0.3 is 0 Å². The number of hydrogen-bond donors (Lipinski definition) is 0. The third-order valence-corrected chi connectivity index (χ3v) is 5.00. The molecule has 2 aromatic carbocycles. The van der Waals surface area contributed by atoms with Crippen LogP contribution in [0.25, 0.3) is 23.1 Å². The van der Waals surface area contributed by atoms with Crippen molar-refractivity contribution in [3.05, 3.63) is 70.7 Å². The number of carbonyl (C=O) groups excluding carboxylic acids is 1. The second kappa shape index (κ2) is 7.75. The van der Waals surface area contributed by atoms with Crippen molar-refractivity contribution in [2.45, 2.75) is 38.7 Å². The lowest BCUT2D eigenvalue weighted by atomic mass is 10.0. The predicted molar refractivity (Wildman–Crippen MR) is 109 cm³/mol. The lowest BCUT2D eigenvalue weighted by Crippen LogP contribution is -2.31. The van der Waals surface area contributed by atoms with Crippen LogP contribution in [-0.4, -0.2) is 16.9 Å². The fourth-order valence-electron chi connectivity index (χ4n) is 3.61. The number of hydrogen-bond acceptors (Lipinski definition) is 3. The molecule has 0 spiro atoms. The van der Waals surface area contributed by atoms with Crippen LogP contribution in [-0.2, 0) is 11.2 Å². The molecule has 1 atom stereocenters. The standard InChI is InChI=1S/C24H23NO2/c1-17(7-5-10-18-8-3-2-4-9-18)27-23-12-6-11-22-24(23)21-15-20(26)14-13-19(21)16-25-22/h2-4,6,8-9,11-13,15-17H,5,7,10,14H2,1H3. The van der Waals surface area contributed by atoms with Crippen molar-refractivity contribution < 1.29 is 9.53 Å². The summed E-state index contributed by atoms with van der Waals surface area (Å²) in [6.07, 6.45) is 9.16. The number of aromatic nitrogens is 1. The second-order valence-electron chi connectivity index (χ2n) is 7.10. The number of Topliss-reactive ketones (excluding diaryl/α,β-unsaturated/α-hetero) is 1. The number of nitrogens with zero attached hydrogens (tertiary/aromatic N) is 1. The molecule has 0 bridgehead atoms. The van der Waals surface area contributed by atoms with E-state index in [4.69, 9.17) is 4.74 Å². The summed E-state index contributed by atoms with van der Waals surface area (Å²) >= 11 is 0. The van der Waals surface area contributed by atoms with Crippen molar-refractivity contribution in [1.29, 1.82) is 0 Å². The highest BCUT2D eigenvalue weighted by molar-refractivity contribution is 6.11. The predicted octanol–water partition coefficient (Wildman–Crippen LogP) is 3.56. The molecule has 1 aliphatic carbocycles. The van der Waals surface area contributed by atoms with Gasteiger partial charge in [0.05, 0.1) is 17.0 Å². The van der Waals surface area contributed by atoms with Crippen molar-refractivity contribution in [1.82, 2.24) is 4.98 Å². The molecule has 3 nitrogen and oxygen atoms in total. The van der Waals surface area contributed by atoms with Crippen LogP contribution in [0, 0.1) is 0 Å². The highest BCUT2D eigenvalue weighted by Crippen LogP contribution is 2.23. The van der Waals surface area contributed by atoms with Crippen LogP contribution in [0.5, 0.6) is 5.75 Å². The van der Waals surface area contributed by atoms with E-state index >= 15 is 0 Å². The summed E-state index contributed by atoms with van der Waals surface area (Å²) in [5.41, 5.74) is 2.22. The highest BCUT2D eigenvalue weighted by atomic mass is 16.5. The summed E-state index contributed by atoms with van der Waals surface area (Å²) in [4.78, 5) is 16.5. The third kappa shape index (κ3) is 3.92. The summed E-state index contributed by atoms with van der Waals surface area (Å²) < 4.78 is 6.28. The monoisotopic (exact) mass is 357 g/mol. The number of ketones is 1. The lowest BCUT2D eigenvalue weighted by Gasteiger charge is -2.17. The molecule has 0 N–H and O–H groups in total. The first-order valence-corrected chi connectivity index (χ1v) is 9.54. The average molecular weight is 357 g/mol. The zero-order valence-electron chi connectivity index (χ0n) is 15.5. The van der Waals surface area contributed by atoms with E-state index in [0.29, 0.717) is 6.42 Å². The van der Waals surface area contributed by atoms with Crippen molar-refractivity contribution in [3.63, 3.8) is 0 Å². The Morgan fingerprint density at radius 1 is 1.11 bits per heavy atom. The van der Waals surface area contributed by atoms with Gasteiger partial charge in [0, 0.05) is 12.6 Å². The van der Waals surface area contributed by atoms with Gasteiger partial charge in [0.1, 0.15) is 5.75 Å². The molecule has 0 saturated carbocycles. The van der Waals surface area contributed by atoms with Crippen LogP contribution < -0.4 is 15.2 Å². The zero-order chi connectivity index (χ0) is 18.6. The number of benzene rings is 2. The minimum absolute atomic E-state index is 0.0958. The fourth-order valence-corrected chi connectivity index (χ4v) is 3.61. The molecule has 3 heteroatoms. The van der Waals surface area contributed by atoms with E-state index in [-0.39, 0.29) is 11.9 Å². The van der Waals surface area contributed by atoms with Gasteiger partial charge in [-0.05, 0) is 60.4 Å². The number of pyridine rings is 1. The van der Waals surface area contributed by atoms with E-state index in [1.54, 1.807) is 6.08 Å². The first-order chi connectivity index (χ1) is 13.2. The Kier molecular flexibility index (Phi) is 5.01. The summed E-state index contributed by atoms with van der Waals surface area (Å²) in [6.45, 7) is 2.10. The molecule has 1 heterocycles. The smallest absolute Gasteiger partial charge is 0.160 e. The maximum atomic E-state index is 11.9. The van der Waals surface area contributed by atoms with Crippen LogP contribution in [0.1, 0.15) is 31.7 Å². The number of ether oxygens (including phenoxy) is 1. The van der Waals surface area contributed by atoms with E-state index in [2.05, 4.69) is 36.2 Å². The normalized spacial score (nSPS) is 14.2. The minimum atomic E-state index is 0.0958. The van der Waals surface area contributed by atoms with Crippen molar-refractivity contribution >= 4 is 28.8 Å². The maximum Gasteiger partial charge on any atom is 0.160 e. The van der Waals surface area contributed by atoms with E-state index in [9.17, 15) is 4.79 Å². The summed E-state index contributed by atoms with van der Waals surface area (Å²) in [5, 5.41) is 2.88. The van der Waals surface area contributed by atoms with E-state index in [1.165, 1.54) is 5.56 Å². The van der Waals surface area contributed by atoms with Gasteiger partial charge < -0.3 is 4.74 Å². The maximum absolute atomic E-state index is 11.9. The van der Waals surface area contributed by atoms with Gasteiger partial charge in [-0.15, -0.1) is 0 Å². The molecule has 0 aliphatic heterocycles. The van der Waals surface area contributed by atoms with Crippen LogP contribution in [0.15, 0.2) is 54.7 Å². The molecule has 4 rings (SSSR count). The molecule has 136 valence electrons. The van der Waals surface area contributed by atoms with Gasteiger partial charge in [-0.2, -0.15) is 0 Å². The average Bonchev–Trinajstić information content (AvgIpc) is 2.68. The highest BCUT2D eigenvalue weighted by Gasteiger charge is 2.12. The topological polar surface area (TPSA) is 39.2 Å². The Labute approximate surface area is 159 Å². The molecule has 1 unspecified atom stereocenters.